The molecule has 0 radical (unpaired) electrons. The van der Waals surface area contributed by atoms with Gasteiger partial charge in [0.1, 0.15) is 23.9 Å². The van der Waals surface area contributed by atoms with E-state index < -0.39 is 5.97 Å². The normalized spacial score (nSPS) is 9.93. The molecule has 1 N–H and O–H groups in total. The van der Waals surface area contributed by atoms with Crippen LogP contribution in [-0.4, -0.2) is 18.2 Å². The third-order valence-electron chi connectivity index (χ3n) is 3.90. The van der Waals surface area contributed by atoms with E-state index in [4.69, 9.17) is 19.0 Å². The molecule has 5 nitrogen and oxygen atoms in total. The minimum atomic E-state index is -1.09. The van der Waals surface area contributed by atoms with Crippen LogP contribution in [0.25, 0.3) is 11.1 Å². The van der Waals surface area contributed by atoms with E-state index in [9.17, 15) is 4.79 Å². The Labute approximate surface area is 159 Å². The zero-order valence-electron chi connectivity index (χ0n) is 16.0. The Kier molecular flexibility index (Phi) is 7.06. The third kappa shape index (κ3) is 5.14. The number of hydrogen-bond acceptors (Lipinski definition) is 4. The number of aryl methyl sites for hydroxylation is 1. The molecule has 0 saturated carbocycles. The molecule has 2 aromatic carbocycles. The van der Waals surface area contributed by atoms with Crippen molar-refractivity contribution in [2.45, 2.75) is 27.4 Å². The van der Waals surface area contributed by atoms with E-state index >= 15 is 0 Å². The van der Waals surface area contributed by atoms with Gasteiger partial charge >= 0.3 is 5.97 Å². The number of rotatable bonds is 6. The van der Waals surface area contributed by atoms with Crippen LogP contribution in [0.4, 0.5) is 0 Å². The molecule has 0 fully saturated rings. The Morgan fingerprint density at radius 2 is 1.48 bits per heavy atom. The van der Waals surface area contributed by atoms with Crippen molar-refractivity contribution in [3.63, 3.8) is 0 Å². The Hall–Kier alpha value is -3.21. The first kappa shape index (κ1) is 20.1. The van der Waals surface area contributed by atoms with Crippen molar-refractivity contribution in [1.29, 1.82) is 0 Å². The number of ether oxygens (including phenoxy) is 2. The summed E-state index contributed by atoms with van der Waals surface area (Å²) in [7, 11) is 1.64. The van der Waals surface area contributed by atoms with E-state index in [2.05, 4.69) is 0 Å². The van der Waals surface area contributed by atoms with Crippen LogP contribution in [0.2, 0.25) is 0 Å². The first-order chi connectivity index (χ1) is 13.1. The quantitative estimate of drug-likeness (QED) is 0.616. The van der Waals surface area contributed by atoms with Crippen molar-refractivity contribution in [2.24, 2.45) is 0 Å². The maximum absolute atomic E-state index is 10.9. The SMILES string of the molecule is CC.COc1ccc(-c2ccc(OCc3cc(C(=O)O)oc3C)cc2)cc1. The lowest BCUT2D eigenvalue weighted by Crippen LogP contribution is -1.96. The summed E-state index contributed by atoms with van der Waals surface area (Å²) < 4.78 is 16.1. The van der Waals surface area contributed by atoms with Gasteiger partial charge in [-0.15, -0.1) is 0 Å². The van der Waals surface area contributed by atoms with Crippen LogP contribution >= 0.6 is 0 Å². The molecule has 27 heavy (non-hydrogen) atoms. The van der Waals surface area contributed by atoms with Crippen molar-refractivity contribution in [2.75, 3.05) is 7.11 Å². The number of methoxy groups -OCH3 is 1. The van der Waals surface area contributed by atoms with E-state index in [1.54, 1.807) is 14.0 Å². The Bertz CT molecular complexity index is 861. The largest absolute Gasteiger partial charge is 0.497 e. The number of carboxylic acids is 1. The molecule has 0 atom stereocenters. The maximum atomic E-state index is 10.9. The highest BCUT2D eigenvalue weighted by molar-refractivity contribution is 5.84. The molecule has 0 bridgehead atoms. The number of carbonyl (C=O) groups is 1. The van der Waals surface area contributed by atoms with Gasteiger partial charge < -0.3 is 19.0 Å². The molecule has 142 valence electrons. The fourth-order valence-electron chi connectivity index (χ4n) is 2.46. The maximum Gasteiger partial charge on any atom is 0.371 e. The predicted octanol–water partition coefficient (Wildman–Crippen LogP) is 5.57. The van der Waals surface area contributed by atoms with E-state index in [1.165, 1.54) is 6.07 Å². The minimum Gasteiger partial charge on any atom is -0.497 e. The van der Waals surface area contributed by atoms with E-state index in [0.717, 1.165) is 22.4 Å². The van der Waals surface area contributed by atoms with E-state index in [-0.39, 0.29) is 12.4 Å². The van der Waals surface area contributed by atoms with Gasteiger partial charge in [0.15, 0.2) is 0 Å². The second-order valence-electron chi connectivity index (χ2n) is 5.54. The molecule has 0 unspecified atom stereocenters. The van der Waals surface area contributed by atoms with E-state index in [0.29, 0.717) is 11.5 Å². The fourth-order valence-corrected chi connectivity index (χ4v) is 2.46. The number of furan rings is 1. The smallest absolute Gasteiger partial charge is 0.371 e. The molecule has 5 heteroatoms. The third-order valence-corrected chi connectivity index (χ3v) is 3.90. The molecule has 1 aromatic heterocycles. The van der Waals surface area contributed by atoms with Gasteiger partial charge in [0.2, 0.25) is 5.76 Å². The summed E-state index contributed by atoms with van der Waals surface area (Å²) in [6, 6.07) is 17.0. The second kappa shape index (κ2) is 9.48. The van der Waals surface area contributed by atoms with Gasteiger partial charge in [0.05, 0.1) is 7.11 Å². The molecule has 0 aliphatic rings. The highest BCUT2D eigenvalue weighted by Gasteiger charge is 2.13. The molecular weight excluding hydrogens is 344 g/mol. The zero-order chi connectivity index (χ0) is 19.8. The molecule has 0 saturated heterocycles. The fraction of sp³-hybridized carbons (Fsp3) is 0.227. The summed E-state index contributed by atoms with van der Waals surface area (Å²) in [4.78, 5) is 10.9. The Morgan fingerprint density at radius 3 is 1.93 bits per heavy atom. The molecule has 3 rings (SSSR count). The van der Waals surface area contributed by atoms with Crippen LogP contribution in [0, 0.1) is 6.92 Å². The Balaban J connectivity index is 0.00000126. The first-order valence-corrected chi connectivity index (χ1v) is 8.76. The van der Waals surface area contributed by atoms with Crippen LogP contribution in [0.1, 0.15) is 35.7 Å². The van der Waals surface area contributed by atoms with Crippen LogP contribution in [-0.2, 0) is 6.61 Å². The summed E-state index contributed by atoms with van der Waals surface area (Å²) in [6.07, 6.45) is 0. The average Bonchev–Trinajstić information content (AvgIpc) is 3.09. The monoisotopic (exact) mass is 368 g/mol. The zero-order valence-corrected chi connectivity index (χ0v) is 16.0. The van der Waals surface area contributed by atoms with E-state index in [1.807, 2.05) is 62.4 Å². The van der Waals surface area contributed by atoms with Gasteiger partial charge in [0, 0.05) is 5.56 Å². The Morgan fingerprint density at radius 1 is 0.963 bits per heavy atom. The highest BCUT2D eigenvalue weighted by atomic mass is 16.5. The standard InChI is InChI=1S/C20H18O5.C2H6/c1-13-16(11-19(25-13)20(21)22)12-24-18-9-5-15(6-10-18)14-3-7-17(23-2)8-4-14;1-2/h3-11H,12H2,1-2H3,(H,21,22);1-2H3. The summed E-state index contributed by atoms with van der Waals surface area (Å²) in [6.45, 7) is 5.97. The van der Waals surface area contributed by atoms with Gasteiger partial charge in [-0.25, -0.2) is 4.79 Å². The van der Waals surface area contributed by atoms with Gasteiger partial charge in [-0.05, 0) is 48.4 Å². The second-order valence-corrected chi connectivity index (χ2v) is 5.54. The number of aromatic carboxylic acids is 1. The lowest BCUT2D eigenvalue weighted by Gasteiger charge is -2.07. The molecule has 1 heterocycles. The van der Waals surface area contributed by atoms with Crippen molar-refractivity contribution in [3.8, 4) is 22.6 Å². The van der Waals surface area contributed by atoms with Gasteiger partial charge in [-0.2, -0.15) is 0 Å². The minimum absolute atomic E-state index is 0.0778. The molecule has 0 amide bonds. The predicted molar refractivity (Wildman–Crippen MR) is 105 cm³/mol. The summed E-state index contributed by atoms with van der Waals surface area (Å²) in [5.41, 5.74) is 2.88. The summed E-state index contributed by atoms with van der Waals surface area (Å²) in [5.74, 6) is 0.908. The molecule has 0 spiro atoms. The number of benzene rings is 2. The van der Waals surface area contributed by atoms with Crippen molar-refractivity contribution in [1.82, 2.24) is 0 Å². The van der Waals surface area contributed by atoms with Crippen molar-refractivity contribution in [3.05, 3.63) is 71.7 Å². The highest BCUT2D eigenvalue weighted by Crippen LogP contribution is 2.25. The average molecular weight is 368 g/mol. The number of carboxylic acid groups (broad SMARTS) is 1. The van der Waals surface area contributed by atoms with Crippen molar-refractivity contribution >= 4 is 5.97 Å². The molecule has 0 aliphatic carbocycles. The van der Waals surface area contributed by atoms with Crippen LogP contribution in [0.3, 0.4) is 0 Å². The molecular formula is C22H24O5. The summed E-state index contributed by atoms with van der Waals surface area (Å²) >= 11 is 0. The van der Waals surface area contributed by atoms with Gasteiger partial charge in [-0.1, -0.05) is 38.1 Å². The summed E-state index contributed by atoms with van der Waals surface area (Å²) in [5, 5.41) is 8.94. The first-order valence-electron chi connectivity index (χ1n) is 8.76. The van der Waals surface area contributed by atoms with Gasteiger partial charge in [-0.3, -0.25) is 0 Å². The topological polar surface area (TPSA) is 68.9 Å². The number of hydrogen-bond donors (Lipinski definition) is 1. The van der Waals surface area contributed by atoms with Crippen molar-refractivity contribution < 1.29 is 23.8 Å². The molecule has 3 aromatic rings. The lowest BCUT2D eigenvalue weighted by molar-refractivity contribution is 0.0661. The van der Waals surface area contributed by atoms with Crippen LogP contribution in [0.5, 0.6) is 11.5 Å². The van der Waals surface area contributed by atoms with Gasteiger partial charge in [0.25, 0.3) is 0 Å². The van der Waals surface area contributed by atoms with Crippen LogP contribution < -0.4 is 9.47 Å². The lowest BCUT2D eigenvalue weighted by atomic mass is 10.1. The molecule has 0 aliphatic heterocycles. The van der Waals surface area contributed by atoms with Crippen LogP contribution in [0.15, 0.2) is 59.0 Å².